The lowest BCUT2D eigenvalue weighted by atomic mass is 9.86. The molecule has 51 heavy (non-hydrogen) atoms. The average molecular weight is 659 g/mol. The number of hydrogen-bond donors (Lipinski definition) is 0. The van der Waals surface area contributed by atoms with Crippen molar-refractivity contribution >= 4 is 65.6 Å². The van der Waals surface area contributed by atoms with Gasteiger partial charge in [-0.15, -0.1) is 0 Å². The predicted octanol–water partition coefficient (Wildman–Crippen LogP) is 12.1. The third-order valence-corrected chi connectivity index (χ3v) is 10.5. The van der Waals surface area contributed by atoms with Crippen LogP contribution in [0.4, 0.5) is 0 Å². The fraction of sp³-hybridized carbons (Fsp3) is 0.0851. The largest absolute Gasteiger partial charge is 0.456 e. The highest BCUT2D eigenvalue weighted by molar-refractivity contribution is 6.12. The van der Waals surface area contributed by atoms with Crippen LogP contribution in [0.15, 0.2) is 161 Å². The molecule has 0 atom stereocenters. The van der Waals surface area contributed by atoms with Gasteiger partial charge in [0.2, 0.25) is 5.43 Å². The lowest BCUT2D eigenvalue weighted by Gasteiger charge is -2.19. The molecule has 10 rings (SSSR count). The van der Waals surface area contributed by atoms with Crippen molar-refractivity contribution in [1.29, 1.82) is 0 Å². The Morgan fingerprint density at radius 2 is 0.941 bits per heavy atom. The molecule has 0 aliphatic rings. The molecule has 0 N–H and O–H groups in total. The van der Waals surface area contributed by atoms with Gasteiger partial charge in [0.1, 0.15) is 11.2 Å². The van der Waals surface area contributed by atoms with Crippen LogP contribution in [0.1, 0.15) is 26.3 Å². The molecule has 0 unspecified atom stereocenters. The second kappa shape index (κ2) is 10.8. The van der Waals surface area contributed by atoms with Crippen molar-refractivity contribution in [2.75, 3.05) is 0 Å². The molecule has 0 radical (unpaired) electrons. The van der Waals surface area contributed by atoms with Gasteiger partial charge in [0, 0.05) is 32.9 Å². The number of para-hydroxylation sites is 3. The summed E-state index contributed by atoms with van der Waals surface area (Å²) < 4.78 is 11.0. The van der Waals surface area contributed by atoms with Crippen molar-refractivity contribution in [3.8, 4) is 22.5 Å². The van der Waals surface area contributed by atoms with Gasteiger partial charge in [-0.05, 0) is 88.8 Å². The molecule has 3 aromatic heterocycles. The Morgan fingerprint density at radius 1 is 0.431 bits per heavy atom. The van der Waals surface area contributed by atoms with E-state index in [-0.39, 0.29) is 10.8 Å². The maximum atomic E-state index is 13.2. The summed E-state index contributed by atoms with van der Waals surface area (Å²) in [4.78, 5) is 13.2. The summed E-state index contributed by atoms with van der Waals surface area (Å²) in [6.45, 7) is 6.81. The zero-order chi connectivity index (χ0) is 34.4. The van der Waals surface area contributed by atoms with Gasteiger partial charge >= 0.3 is 0 Å². The molecule has 0 aliphatic carbocycles. The van der Waals surface area contributed by atoms with Gasteiger partial charge in [0.15, 0.2) is 0 Å². The van der Waals surface area contributed by atoms with Gasteiger partial charge in [-0.2, -0.15) is 0 Å². The fourth-order valence-electron chi connectivity index (χ4n) is 7.88. The molecule has 3 heterocycles. The molecule has 0 fully saturated rings. The maximum absolute atomic E-state index is 13.2. The Labute approximate surface area is 294 Å². The summed E-state index contributed by atoms with van der Waals surface area (Å²) in [6.07, 6.45) is 0. The second-order valence-electron chi connectivity index (χ2n) is 14.6. The Bertz CT molecular complexity index is 3020. The minimum absolute atomic E-state index is 0.00385. The number of rotatable bonds is 3. The van der Waals surface area contributed by atoms with Crippen molar-refractivity contribution in [1.82, 2.24) is 9.13 Å². The van der Waals surface area contributed by atoms with Crippen LogP contribution in [-0.2, 0) is 5.41 Å². The molecule has 10 aromatic rings. The molecule has 0 spiro atoms. The molecule has 4 nitrogen and oxygen atoms in total. The van der Waals surface area contributed by atoms with Gasteiger partial charge in [-0.3, -0.25) is 4.79 Å². The smallest absolute Gasteiger partial charge is 0.200 e. The van der Waals surface area contributed by atoms with Gasteiger partial charge in [0.25, 0.3) is 0 Å². The standard InChI is InChI=1S/C47H34N2O2/c1-47(2,3)31-19-24-36-37-25-22-33(49-40-13-7-4-10-34(40)35-11-5-8-14-41(35)49)28-43(37)48(42(36)27-31)32-20-16-29(17-21-32)30-18-23-39-45(26-30)51-44-15-9-6-12-38(44)46(39)50/h4-28H,1-3H3. The number of fused-ring (bicyclic) bond motifs is 8. The third-order valence-electron chi connectivity index (χ3n) is 10.5. The highest BCUT2D eigenvalue weighted by Crippen LogP contribution is 2.39. The topological polar surface area (TPSA) is 40.1 Å². The van der Waals surface area contributed by atoms with E-state index in [1.54, 1.807) is 0 Å². The molecule has 244 valence electrons. The van der Waals surface area contributed by atoms with E-state index in [0.29, 0.717) is 21.9 Å². The van der Waals surface area contributed by atoms with Crippen LogP contribution < -0.4 is 5.43 Å². The molecule has 7 aromatic carbocycles. The Hall–Kier alpha value is -6.39. The highest BCUT2D eigenvalue weighted by Gasteiger charge is 2.20. The van der Waals surface area contributed by atoms with Crippen molar-refractivity contribution in [2.24, 2.45) is 0 Å². The molecule has 0 aliphatic heterocycles. The van der Waals surface area contributed by atoms with Crippen LogP contribution in [0.3, 0.4) is 0 Å². The molecular formula is C47H34N2O2. The van der Waals surface area contributed by atoms with E-state index in [4.69, 9.17) is 4.42 Å². The lowest BCUT2D eigenvalue weighted by molar-refractivity contribution is 0.591. The Kier molecular flexibility index (Phi) is 6.25. The van der Waals surface area contributed by atoms with Crippen LogP contribution in [0.25, 0.3) is 88.1 Å². The summed E-state index contributed by atoms with van der Waals surface area (Å²) in [7, 11) is 0. The van der Waals surface area contributed by atoms with E-state index < -0.39 is 0 Å². The fourth-order valence-corrected chi connectivity index (χ4v) is 7.88. The average Bonchev–Trinajstić information content (AvgIpc) is 3.66. The SMILES string of the molecule is CC(C)(C)c1ccc2c3ccc(-n4c5ccccc5c5ccccc54)cc3n(-c3ccc(-c4ccc5c(=O)c6ccccc6oc5c4)cc3)c2c1. The first kappa shape index (κ1) is 29.5. The first-order chi connectivity index (χ1) is 24.8. The summed E-state index contributed by atoms with van der Waals surface area (Å²) in [5, 5.41) is 6.14. The first-order valence-corrected chi connectivity index (χ1v) is 17.5. The Morgan fingerprint density at radius 3 is 1.65 bits per heavy atom. The monoisotopic (exact) mass is 658 g/mol. The van der Waals surface area contributed by atoms with Crippen LogP contribution in [0.5, 0.6) is 0 Å². The van der Waals surface area contributed by atoms with E-state index in [9.17, 15) is 4.79 Å². The van der Waals surface area contributed by atoms with Crippen LogP contribution in [0, 0.1) is 0 Å². The summed E-state index contributed by atoms with van der Waals surface area (Å²) in [6, 6.07) is 53.2. The van der Waals surface area contributed by atoms with E-state index in [2.05, 4.69) is 139 Å². The Balaban J connectivity index is 1.17. The molecule has 0 saturated carbocycles. The number of aromatic nitrogens is 2. The van der Waals surface area contributed by atoms with Crippen molar-refractivity contribution in [2.45, 2.75) is 26.2 Å². The van der Waals surface area contributed by atoms with E-state index in [1.165, 1.54) is 43.7 Å². The zero-order valence-corrected chi connectivity index (χ0v) is 28.6. The predicted molar refractivity (Wildman–Crippen MR) is 213 cm³/mol. The lowest BCUT2D eigenvalue weighted by Crippen LogP contribution is -2.10. The minimum Gasteiger partial charge on any atom is -0.456 e. The van der Waals surface area contributed by atoms with E-state index in [0.717, 1.165) is 28.0 Å². The van der Waals surface area contributed by atoms with Crippen molar-refractivity contribution < 1.29 is 4.42 Å². The maximum Gasteiger partial charge on any atom is 0.200 e. The van der Waals surface area contributed by atoms with Crippen LogP contribution >= 0.6 is 0 Å². The van der Waals surface area contributed by atoms with E-state index >= 15 is 0 Å². The quantitative estimate of drug-likeness (QED) is 0.177. The molecular weight excluding hydrogens is 625 g/mol. The second-order valence-corrected chi connectivity index (χ2v) is 14.6. The summed E-state index contributed by atoms with van der Waals surface area (Å²) in [5.74, 6) is 0. The third kappa shape index (κ3) is 4.49. The van der Waals surface area contributed by atoms with Gasteiger partial charge in [-0.25, -0.2) is 0 Å². The number of benzene rings is 7. The molecule has 4 heteroatoms. The zero-order valence-electron chi connectivity index (χ0n) is 28.6. The van der Waals surface area contributed by atoms with E-state index in [1.807, 2.05) is 42.5 Å². The van der Waals surface area contributed by atoms with Gasteiger partial charge in [0.05, 0.1) is 32.8 Å². The molecule has 0 bridgehead atoms. The number of nitrogens with zero attached hydrogens (tertiary/aromatic N) is 2. The van der Waals surface area contributed by atoms with Gasteiger partial charge < -0.3 is 13.6 Å². The van der Waals surface area contributed by atoms with Crippen molar-refractivity contribution in [3.63, 3.8) is 0 Å². The first-order valence-electron chi connectivity index (χ1n) is 17.5. The van der Waals surface area contributed by atoms with Crippen molar-refractivity contribution in [3.05, 3.63) is 167 Å². The van der Waals surface area contributed by atoms with Gasteiger partial charge in [-0.1, -0.05) is 106 Å². The minimum atomic E-state index is -0.00462. The highest BCUT2D eigenvalue weighted by atomic mass is 16.3. The normalized spacial score (nSPS) is 12.3. The number of hydrogen-bond acceptors (Lipinski definition) is 2. The molecule has 0 amide bonds. The summed E-state index contributed by atoms with van der Waals surface area (Å²) >= 11 is 0. The van der Waals surface area contributed by atoms with Crippen LogP contribution in [0.2, 0.25) is 0 Å². The van der Waals surface area contributed by atoms with Crippen LogP contribution in [-0.4, -0.2) is 9.13 Å². The molecule has 0 saturated heterocycles. The summed E-state index contributed by atoms with van der Waals surface area (Å²) in [5.41, 5.74) is 11.5.